The van der Waals surface area contributed by atoms with Crippen molar-refractivity contribution in [3.8, 4) is 0 Å². The molecular weight excluding hydrogens is 286 g/mol. The number of rotatable bonds is 4. The van der Waals surface area contributed by atoms with Crippen LogP contribution in [0.5, 0.6) is 0 Å². The van der Waals surface area contributed by atoms with Gasteiger partial charge >= 0.3 is 0 Å². The van der Waals surface area contributed by atoms with Crippen LogP contribution in [0, 0.1) is 0 Å². The zero-order valence-corrected chi connectivity index (χ0v) is 13.8. The summed E-state index contributed by atoms with van der Waals surface area (Å²) in [5, 5.41) is 0. The monoisotopic (exact) mass is 311 g/mol. The molecule has 1 fully saturated rings. The van der Waals surface area contributed by atoms with E-state index in [4.69, 9.17) is 5.73 Å². The molecule has 1 aromatic carbocycles. The van der Waals surface area contributed by atoms with Crippen LogP contribution in [-0.2, 0) is 10.2 Å². The molecule has 1 aliphatic heterocycles. The molecule has 21 heavy (non-hydrogen) atoms. The molecule has 2 atom stereocenters. The lowest BCUT2D eigenvalue weighted by Crippen LogP contribution is -2.49. The maximum absolute atomic E-state index is 12.8. The third-order valence-electron chi connectivity index (χ3n) is 4.34. The Hall–Kier alpha value is -1.11. The summed E-state index contributed by atoms with van der Waals surface area (Å²) >= 11 is 0. The van der Waals surface area contributed by atoms with E-state index in [1.54, 1.807) is 17.4 Å². The van der Waals surface area contributed by atoms with Crippen molar-refractivity contribution >= 4 is 15.9 Å². The van der Waals surface area contributed by atoms with Gasteiger partial charge in [-0.25, -0.2) is 0 Å². The Bertz CT molecular complexity index is 588. The van der Waals surface area contributed by atoms with E-state index in [1.807, 2.05) is 32.0 Å². The Kier molecular flexibility index (Phi) is 4.91. The summed E-state index contributed by atoms with van der Waals surface area (Å²) < 4.78 is 28.7. The van der Waals surface area contributed by atoms with Crippen LogP contribution in [0.25, 0.3) is 0 Å². The van der Waals surface area contributed by atoms with Gasteiger partial charge in [-0.05, 0) is 44.4 Å². The molecule has 6 heteroatoms. The fourth-order valence-corrected chi connectivity index (χ4v) is 4.58. The van der Waals surface area contributed by atoms with Crippen LogP contribution in [0.4, 0.5) is 5.69 Å². The smallest absolute Gasteiger partial charge is 0.282 e. The topological polar surface area (TPSA) is 66.6 Å². The normalized spacial score (nSPS) is 22.4. The first kappa shape index (κ1) is 16.3. The predicted molar refractivity (Wildman–Crippen MR) is 86.0 cm³/mol. The van der Waals surface area contributed by atoms with Crippen LogP contribution in [0.3, 0.4) is 0 Å². The van der Waals surface area contributed by atoms with Gasteiger partial charge in [-0.2, -0.15) is 17.0 Å². The van der Waals surface area contributed by atoms with E-state index in [1.165, 1.54) is 4.31 Å². The van der Waals surface area contributed by atoms with E-state index in [2.05, 4.69) is 0 Å². The predicted octanol–water partition coefficient (Wildman–Crippen LogP) is 2.38. The van der Waals surface area contributed by atoms with Crippen LogP contribution in [0.1, 0.15) is 44.7 Å². The van der Waals surface area contributed by atoms with Gasteiger partial charge in [0.25, 0.3) is 10.2 Å². The third-order valence-corrected chi connectivity index (χ3v) is 6.52. The van der Waals surface area contributed by atoms with Crippen molar-refractivity contribution < 1.29 is 8.42 Å². The molecule has 0 bridgehead atoms. The van der Waals surface area contributed by atoms with Gasteiger partial charge in [0, 0.05) is 31.4 Å². The number of piperidine rings is 1. The van der Waals surface area contributed by atoms with Crippen molar-refractivity contribution in [1.29, 1.82) is 0 Å². The number of hydrogen-bond acceptors (Lipinski definition) is 3. The van der Waals surface area contributed by atoms with Gasteiger partial charge in [0.2, 0.25) is 0 Å². The van der Waals surface area contributed by atoms with Gasteiger partial charge in [0.05, 0.1) is 0 Å². The molecule has 0 amide bonds. The lowest BCUT2D eigenvalue weighted by atomic mass is 10.1. The first-order valence-electron chi connectivity index (χ1n) is 7.44. The molecule has 1 aromatic rings. The second kappa shape index (κ2) is 6.34. The summed E-state index contributed by atoms with van der Waals surface area (Å²) in [7, 11) is -1.80. The van der Waals surface area contributed by atoms with Crippen molar-refractivity contribution in [3.05, 3.63) is 29.8 Å². The molecule has 0 spiro atoms. The molecule has 2 N–H and O–H groups in total. The Morgan fingerprint density at radius 2 is 2.10 bits per heavy atom. The summed E-state index contributed by atoms with van der Waals surface area (Å²) in [4.78, 5) is 0. The van der Waals surface area contributed by atoms with Crippen molar-refractivity contribution in [2.45, 2.75) is 45.2 Å². The summed E-state index contributed by atoms with van der Waals surface area (Å²) in [5.41, 5.74) is 7.35. The zero-order valence-electron chi connectivity index (χ0n) is 13.0. The highest BCUT2D eigenvalue weighted by atomic mass is 32.2. The van der Waals surface area contributed by atoms with Gasteiger partial charge in [-0.1, -0.05) is 18.6 Å². The highest BCUT2D eigenvalue weighted by Crippen LogP contribution is 2.28. The van der Waals surface area contributed by atoms with Gasteiger partial charge in [0.15, 0.2) is 0 Å². The number of nitrogens with two attached hydrogens (primary N) is 1. The molecule has 0 aliphatic carbocycles. The molecule has 1 aliphatic rings. The molecule has 118 valence electrons. The molecule has 2 unspecified atom stereocenters. The van der Waals surface area contributed by atoms with E-state index in [0.29, 0.717) is 12.2 Å². The van der Waals surface area contributed by atoms with Gasteiger partial charge in [-0.3, -0.25) is 0 Å². The molecule has 5 nitrogen and oxygen atoms in total. The number of nitrogen functional groups attached to an aromatic ring is 1. The van der Waals surface area contributed by atoms with Crippen molar-refractivity contribution in [2.24, 2.45) is 0 Å². The number of anilines is 1. The van der Waals surface area contributed by atoms with Crippen LogP contribution in [-0.4, -0.2) is 36.7 Å². The van der Waals surface area contributed by atoms with E-state index in [9.17, 15) is 8.42 Å². The molecule has 0 saturated carbocycles. The van der Waals surface area contributed by atoms with Gasteiger partial charge in [0.1, 0.15) is 0 Å². The minimum Gasteiger partial charge on any atom is -0.399 e. The first-order chi connectivity index (χ1) is 9.84. The molecular formula is C15H25N3O2S. The number of benzene rings is 1. The molecule has 0 radical (unpaired) electrons. The molecule has 2 rings (SSSR count). The highest BCUT2D eigenvalue weighted by molar-refractivity contribution is 7.86. The molecule has 1 saturated heterocycles. The Balaban J connectivity index is 2.23. The minimum absolute atomic E-state index is 0.0687. The second-order valence-electron chi connectivity index (χ2n) is 5.83. The van der Waals surface area contributed by atoms with E-state index < -0.39 is 10.2 Å². The Morgan fingerprint density at radius 3 is 2.71 bits per heavy atom. The van der Waals surface area contributed by atoms with Crippen LogP contribution >= 0.6 is 0 Å². The Morgan fingerprint density at radius 1 is 1.38 bits per heavy atom. The summed E-state index contributed by atoms with van der Waals surface area (Å²) in [6.07, 6.45) is 2.96. The third kappa shape index (κ3) is 3.39. The van der Waals surface area contributed by atoms with Crippen molar-refractivity contribution in [1.82, 2.24) is 8.61 Å². The van der Waals surface area contributed by atoms with Gasteiger partial charge in [-0.15, -0.1) is 0 Å². The average Bonchev–Trinajstić information content (AvgIpc) is 2.46. The standard InChI is InChI=1S/C15H25N3O2S/c1-12-7-4-5-10-18(12)21(19,20)17(3)13(2)14-8-6-9-15(16)11-14/h6,8-9,11-13H,4-5,7,10,16H2,1-3H3. The summed E-state index contributed by atoms with van der Waals surface area (Å²) in [6.45, 7) is 4.48. The fourth-order valence-electron chi connectivity index (χ4n) is 2.81. The largest absolute Gasteiger partial charge is 0.399 e. The minimum atomic E-state index is -3.45. The van der Waals surface area contributed by atoms with Crippen LogP contribution < -0.4 is 5.73 Å². The van der Waals surface area contributed by atoms with Crippen molar-refractivity contribution in [2.75, 3.05) is 19.3 Å². The Labute approximate surface area is 127 Å². The second-order valence-corrected chi connectivity index (χ2v) is 7.77. The summed E-state index contributed by atoms with van der Waals surface area (Å²) in [5.74, 6) is 0. The highest BCUT2D eigenvalue weighted by Gasteiger charge is 2.35. The SMILES string of the molecule is CC(c1cccc(N)c1)N(C)S(=O)(=O)N1CCCCC1C. The fraction of sp³-hybridized carbons (Fsp3) is 0.600. The van der Waals surface area contributed by atoms with E-state index >= 15 is 0 Å². The molecule has 0 aromatic heterocycles. The maximum atomic E-state index is 12.8. The van der Waals surface area contributed by atoms with Crippen LogP contribution in [0.2, 0.25) is 0 Å². The quantitative estimate of drug-likeness (QED) is 0.868. The number of hydrogen-bond donors (Lipinski definition) is 1. The van der Waals surface area contributed by atoms with Crippen molar-refractivity contribution in [3.63, 3.8) is 0 Å². The van der Waals surface area contributed by atoms with Gasteiger partial charge < -0.3 is 5.73 Å². The summed E-state index contributed by atoms with van der Waals surface area (Å²) in [6, 6.07) is 7.22. The zero-order chi connectivity index (χ0) is 15.6. The van der Waals surface area contributed by atoms with E-state index in [-0.39, 0.29) is 12.1 Å². The lowest BCUT2D eigenvalue weighted by molar-refractivity contribution is 0.241. The molecule has 1 heterocycles. The average molecular weight is 311 g/mol. The number of nitrogens with zero attached hydrogens (tertiary/aromatic N) is 2. The lowest BCUT2D eigenvalue weighted by Gasteiger charge is -2.37. The van der Waals surface area contributed by atoms with E-state index in [0.717, 1.165) is 24.8 Å². The maximum Gasteiger partial charge on any atom is 0.282 e. The van der Waals surface area contributed by atoms with Crippen LogP contribution in [0.15, 0.2) is 24.3 Å². The first-order valence-corrected chi connectivity index (χ1v) is 8.84.